The van der Waals surface area contributed by atoms with E-state index in [0.29, 0.717) is 39.2 Å². The van der Waals surface area contributed by atoms with E-state index in [0.717, 1.165) is 10.9 Å². The highest BCUT2D eigenvalue weighted by Gasteiger charge is 2.22. The third kappa shape index (κ3) is 3.99. The van der Waals surface area contributed by atoms with Gasteiger partial charge in [0.2, 0.25) is 11.1 Å². The van der Waals surface area contributed by atoms with Crippen molar-refractivity contribution in [2.75, 3.05) is 12.4 Å². The minimum Gasteiger partial charge on any atom is -0.495 e. The number of methoxy groups -OCH3 is 1. The topological polar surface area (TPSA) is 92.8 Å². The number of thioether (sulfide) groups is 1. The number of benzene rings is 2. The predicted octanol–water partition coefficient (Wildman–Crippen LogP) is 4.68. The molecule has 29 heavy (non-hydrogen) atoms. The Bertz CT molecular complexity index is 1200. The first kappa shape index (κ1) is 19.5. The largest absolute Gasteiger partial charge is 0.495 e. The summed E-state index contributed by atoms with van der Waals surface area (Å²) in [6.45, 7) is 1.93. The highest BCUT2D eigenvalue weighted by molar-refractivity contribution is 8.00. The van der Waals surface area contributed by atoms with Gasteiger partial charge in [-0.25, -0.2) is 4.98 Å². The molecule has 0 radical (unpaired) electrons. The van der Waals surface area contributed by atoms with Crippen molar-refractivity contribution in [3.05, 3.63) is 47.5 Å². The molecular weight excluding hydrogens is 410 g/mol. The normalized spacial score (nSPS) is 12.2. The van der Waals surface area contributed by atoms with E-state index in [9.17, 15) is 4.79 Å². The lowest BCUT2D eigenvalue weighted by molar-refractivity contribution is -0.115. The van der Waals surface area contributed by atoms with Gasteiger partial charge < -0.3 is 15.0 Å². The maximum Gasteiger partial charge on any atom is 0.238 e. The van der Waals surface area contributed by atoms with E-state index in [2.05, 4.69) is 25.5 Å². The first-order chi connectivity index (χ1) is 14.1. The van der Waals surface area contributed by atoms with Crippen molar-refractivity contribution < 1.29 is 9.53 Å². The number of carbonyl (C=O) groups is 1. The molecule has 1 atom stereocenters. The van der Waals surface area contributed by atoms with Gasteiger partial charge in [0.1, 0.15) is 11.3 Å². The number of para-hydroxylation sites is 1. The number of nitrogens with zero attached hydrogens (tertiary/aromatic N) is 3. The number of aromatic nitrogens is 4. The van der Waals surface area contributed by atoms with E-state index in [-0.39, 0.29) is 5.91 Å². The van der Waals surface area contributed by atoms with Crippen LogP contribution in [0.2, 0.25) is 5.02 Å². The molecule has 0 saturated carbocycles. The van der Waals surface area contributed by atoms with Gasteiger partial charge in [-0.15, -0.1) is 10.2 Å². The highest BCUT2D eigenvalue weighted by atomic mass is 35.5. The molecule has 7 nitrogen and oxygen atoms in total. The molecule has 0 bridgehead atoms. The lowest BCUT2D eigenvalue weighted by atomic mass is 10.2. The molecule has 1 unspecified atom stereocenters. The van der Waals surface area contributed by atoms with Gasteiger partial charge in [0.25, 0.3) is 0 Å². The Kier molecular flexibility index (Phi) is 5.55. The van der Waals surface area contributed by atoms with E-state index in [4.69, 9.17) is 16.3 Å². The van der Waals surface area contributed by atoms with E-state index in [1.807, 2.05) is 31.2 Å². The van der Waals surface area contributed by atoms with Gasteiger partial charge in [-0.1, -0.05) is 48.5 Å². The zero-order valence-electron chi connectivity index (χ0n) is 15.8. The molecule has 0 aliphatic rings. The third-order valence-electron chi connectivity index (χ3n) is 4.43. The molecule has 1 amide bonds. The molecule has 0 saturated heterocycles. The summed E-state index contributed by atoms with van der Waals surface area (Å²) < 4.78 is 5.29. The Morgan fingerprint density at radius 2 is 2.10 bits per heavy atom. The Morgan fingerprint density at radius 1 is 1.28 bits per heavy atom. The molecule has 9 heteroatoms. The van der Waals surface area contributed by atoms with Crippen LogP contribution in [-0.4, -0.2) is 38.4 Å². The molecule has 4 rings (SSSR count). The predicted molar refractivity (Wildman–Crippen MR) is 116 cm³/mol. The number of amides is 1. The van der Waals surface area contributed by atoms with Crippen molar-refractivity contribution in [3.63, 3.8) is 0 Å². The van der Waals surface area contributed by atoms with Gasteiger partial charge in [-0.05, 0) is 30.7 Å². The number of H-pyrrole nitrogens is 1. The SMILES string of the molecule is CCC(Sc1nnc2c(n1)[nH]c1ccccc12)C(=O)Nc1cc(Cl)ccc1OC. The van der Waals surface area contributed by atoms with Gasteiger partial charge in [0.05, 0.1) is 18.0 Å². The van der Waals surface area contributed by atoms with Crippen LogP contribution in [0.1, 0.15) is 13.3 Å². The number of fused-ring (bicyclic) bond motifs is 3. The van der Waals surface area contributed by atoms with E-state index in [1.165, 1.54) is 11.8 Å². The molecule has 0 fully saturated rings. The first-order valence-corrected chi connectivity index (χ1v) is 10.3. The number of carbonyl (C=O) groups excluding carboxylic acids is 1. The van der Waals surface area contributed by atoms with Crippen molar-refractivity contribution in [2.24, 2.45) is 0 Å². The van der Waals surface area contributed by atoms with E-state index >= 15 is 0 Å². The first-order valence-electron chi connectivity index (χ1n) is 9.01. The molecule has 2 aromatic heterocycles. The zero-order chi connectivity index (χ0) is 20.4. The number of anilines is 1. The average molecular weight is 428 g/mol. The van der Waals surface area contributed by atoms with Crippen molar-refractivity contribution in [1.29, 1.82) is 0 Å². The summed E-state index contributed by atoms with van der Waals surface area (Å²) in [5.41, 5.74) is 2.83. The van der Waals surface area contributed by atoms with Gasteiger partial charge in [0.15, 0.2) is 5.65 Å². The Balaban J connectivity index is 1.56. The van der Waals surface area contributed by atoms with Crippen LogP contribution in [0.25, 0.3) is 22.1 Å². The fraction of sp³-hybridized carbons (Fsp3) is 0.200. The standard InChI is InChI=1S/C20H18ClN5O2S/c1-3-16(19(27)23-14-10-11(21)8-9-15(14)28-2)29-20-24-18-17(25-26-20)12-6-4-5-7-13(12)22-18/h4-10,16H,3H2,1-2H3,(H,23,27)(H,22,24,26). The molecule has 2 heterocycles. The minimum absolute atomic E-state index is 0.182. The van der Waals surface area contributed by atoms with Crippen LogP contribution in [0.5, 0.6) is 5.75 Å². The quantitative estimate of drug-likeness (QED) is 0.434. The molecule has 148 valence electrons. The number of nitrogens with one attached hydrogen (secondary N) is 2. The summed E-state index contributed by atoms with van der Waals surface area (Å²) >= 11 is 7.31. The summed E-state index contributed by atoms with van der Waals surface area (Å²) in [5.74, 6) is 0.360. The Hall–Kier alpha value is -2.84. The number of hydrogen-bond acceptors (Lipinski definition) is 6. The monoisotopic (exact) mass is 427 g/mol. The number of aromatic amines is 1. The lowest BCUT2D eigenvalue weighted by Crippen LogP contribution is -2.25. The van der Waals surface area contributed by atoms with Crippen LogP contribution >= 0.6 is 23.4 Å². The molecule has 2 N–H and O–H groups in total. The zero-order valence-corrected chi connectivity index (χ0v) is 17.3. The third-order valence-corrected chi connectivity index (χ3v) is 5.88. The van der Waals surface area contributed by atoms with E-state index in [1.54, 1.807) is 25.3 Å². The van der Waals surface area contributed by atoms with Crippen LogP contribution in [0.3, 0.4) is 0 Å². The summed E-state index contributed by atoms with van der Waals surface area (Å²) in [7, 11) is 1.54. The second-order valence-electron chi connectivity index (χ2n) is 6.31. The Labute approximate surface area is 176 Å². The highest BCUT2D eigenvalue weighted by Crippen LogP contribution is 2.30. The fourth-order valence-corrected chi connectivity index (χ4v) is 3.99. The minimum atomic E-state index is -0.401. The second-order valence-corrected chi connectivity index (χ2v) is 7.92. The van der Waals surface area contributed by atoms with Crippen LogP contribution < -0.4 is 10.1 Å². The summed E-state index contributed by atoms with van der Waals surface area (Å²) in [5, 5.41) is 12.9. The van der Waals surface area contributed by atoms with Crippen LogP contribution in [0.15, 0.2) is 47.6 Å². The maximum atomic E-state index is 12.8. The maximum absolute atomic E-state index is 12.8. The van der Waals surface area contributed by atoms with Crippen LogP contribution in [0.4, 0.5) is 5.69 Å². The van der Waals surface area contributed by atoms with E-state index < -0.39 is 5.25 Å². The lowest BCUT2D eigenvalue weighted by Gasteiger charge is -2.15. The molecule has 0 aliphatic carbocycles. The van der Waals surface area contributed by atoms with Crippen LogP contribution in [0, 0.1) is 0 Å². The van der Waals surface area contributed by atoms with Gasteiger partial charge in [-0.2, -0.15) is 0 Å². The molecule has 2 aromatic carbocycles. The van der Waals surface area contributed by atoms with Crippen molar-refractivity contribution in [3.8, 4) is 5.75 Å². The Morgan fingerprint density at radius 3 is 2.90 bits per heavy atom. The fourth-order valence-electron chi connectivity index (χ4n) is 3.00. The number of hydrogen-bond donors (Lipinski definition) is 2. The summed E-state index contributed by atoms with van der Waals surface area (Å²) in [6, 6.07) is 12.9. The van der Waals surface area contributed by atoms with Gasteiger partial charge in [-0.3, -0.25) is 4.79 Å². The smallest absolute Gasteiger partial charge is 0.238 e. The van der Waals surface area contributed by atoms with Gasteiger partial charge in [0, 0.05) is 15.9 Å². The molecular formula is C20H18ClN5O2S. The number of rotatable bonds is 6. The van der Waals surface area contributed by atoms with Crippen molar-refractivity contribution in [1.82, 2.24) is 20.2 Å². The van der Waals surface area contributed by atoms with Gasteiger partial charge >= 0.3 is 0 Å². The number of halogens is 1. The molecule has 0 spiro atoms. The van der Waals surface area contributed by atoms with Crippen LogP contribution in [-0.2, 0) is 4.79 Å². The molecule has 0 aliphatic heterocycles. The number of ether oxygens (including phenoxy) is 1. The van der Waals surface area contributed by atoms with Crippen molar-refractivity contribution >= 4 is 57.0 Å². The second kappa shape index (κ2) is 8.26. The summed E-state index contributed by atoms with van der Waals surface area (Å²) in [4.78, 5) is 20.6. The molecule has 4 aromatic rings. The summed E-state index contributed by atoms with van der Waals surface area (Å²) in [6.07, 6.45) is 0.591. The average Bonchev–Trinajstić information content (AvgIpc) is 3.10. The van der Waals surface area contributed by atoms with Crippen molar-refractivity contribution in [2.45, 2.75) is 23.8 Å².